The van der Waals surface area contributed by atoms with Crippen LogP contribution in [0.25, 0.3) is 17.1 Å². The highest BCUT2D eigenvalue weighted by Crippen LogP contribution is 2.34. The Balaban J connectivity index is 1.67. The highest BCUT2D eigenvalue weighted by atomic mass is 79.9. The second-order valence-corrected chi connectivity index (χ2v) is 7.14. The zero-order chi connectivity index (χ0) is 22.7. The van der Waals surface area contributed by atoms with Crippen molar-refractivity contribution in [2.24, 2.45) is 5.10 Å². The second-order valence-electron chi connectivity index (χ2n) is 6.29. The Bertz CT molecular complexity index is 1300. The van der Waals surface area contributed by atoms with E-state index in [0.717, 1.165) is 4.68 Å². The van der Waals surface area contributed by atoms with Crippen molar-refractivity contribution in [3.63, 3.8) is 0 Å². The first-order valence-electron chi connectivity index (χ1n) is 8.99. The molecule has 0 bridgehead atoms. The Labute approximate surface area is 188 Å². The standard InChI is InChI=1S/C19H15BrN8O4/c1-31-13-8-10(7-12(20)16(13)29)9-22-24-19(30)15-14(11-5-3-2-4-6-11)23-27-28(15)18-17(21)25-32-26-18/h2-9,29H,1H3,(H2,21,25)(H,24,30). The van der Waals surface area contributed by atoms with E-state index in [-0.39, 0.29) is 34.5 Å². The van der Waals surface area contributed by atoms with E-state index in [1.165, 1.54) is 13.3 Å². The topological polar surface area (TPSA) is 167 Å². The van der Waals surface area contributed by atoms with Gasteiger partial charge in [-0.1, -0.05) is 35.5 Å². The average Bonchev–Trinajstić information content (AvgIpc) is 3.42. The minimum Gasteiger partial charge on any atom is -0.503 e. The molecule has 2 aromatic carbocycles. The first kappa shape index (κ1) is 21.0. The van der Waals surface area contributed by atoms with Crippen molar-refractivity contribution in [1.82, 2.24) is 30.7 Å². The highest BCUT2D eigenvalue weighted by Gasteiger charge is 2.25. The van der Waals surface area contributed by atoms with Crippen molar-refractivity contribution in [2.75, 3.05) is 12.8 Å². The molecule has 4 aromatic rings. The Morgan fingerprint density at radius 2 is 2.09 bits per heavy atom. The zero-order valence-electron chi connectivity index (χ0n) is 16.4. The zero-order valence-corrected chi connectivity index (χ0v) is 18.0. The molecule has 0 spiro atoms. The molecule has 0 saturated carbocycles. The molecule has 0 atom stereocenters. The molecule has 12 nitrogen and oxygen atoms in total. The van der Waals surface area contributed by atoms with E-state index < -0.39 is 5.91 Å². The molecule has 0 saturated heterocycles. The Kier molecular flexibility index (Phi) is 5.81. The number of amides is 1. The number of hydrogen-bond donors (Lipinski definition) is 3. The summed E-state index contributed by atoms with van der Waals surface area (Å²) in [6, 6.07) is 12.2. The van der Waals surface area contributed by atoms with Crippen LogP contribution < -0.4 is 15.9 Å². The van der Waals surface area contributed by atoms with Crippen LogP contribution >= 0.6 is 15.9 Å². The van der Waals surface area contributed by atoms with Crippen LogP contribution in [0, 0.1) is 0 Å². The van der Waals surface area contributed by atoms with Crippen molar-refractivity contribution >= 4 is 33.9 Å². The van der Waals surface area contributed by atoms with E-state index in [4.69, 9.17) is 10.5 Å². The maximum atomic E-state index is 13.0. The van der Waals surface area contributed by atoms with Crippen molar-refractivity contribution < 1.29 is 19.3 Å². The summed E-state index contributed by atoms with van der Waals surface area (Å²) in [5.74, 6) is -0.476. The normalized spacial score (nSPS) is 11.1. The molecule has 162 valence electrons. The molecule has 1 amide bonds. The molecule has 13 heteroatoms. The molecule has 0 fully saturated rings. The lowest BCUT2D eigenvalue weighted by Crippen LogP contribution is -2.22. The number of methoxy groups -OCH3 is 1. The quantitative estimate of drug-likeness (QED) is 0.266. The van der Waals surface area contributed by atoms with E-state index in [1.54, 1.807) is 36.4 Å². The van der Waals surface area contributed by atoms with E-state index in [9.17, 15) is 9.90 Å². The third kappa shape index (κ3) is 4.00. The summed E-state index contributed by atoms with van der Waals surface area (Å²) in [7, 11) is 1.42. The van der Waals surface area contributed by atoms with Crippen LogP contribution in [0.2, 0.25) is 0 Å². The van der Waals surface area contributed by atoms with Crippen LogP contribution in [0.15, 0.2) is 56.7 Å². The van der Waals surface area contributed by atoms with Crippen molar-refractivity contribution in [2.45, 2.75) is 0 Å². The molecule has 0 aliphatic carbocycles. The first-order chi connectivity index (χ1) is 15.5. The van der Waals surface area contributed by atoms with Gasteiger partial charge in [-0.2, -0.15) is 9.78 Å². The SMILES string of the molecule is COc1cc(C=NNC(=O)c2c(-c3ccccc3)nnn2-c2nonc2N)cc(Br)c1O. The summed E-state index contributed by atoms with van der Waals surface area (Å²) in [5.41, 5.74) is 9.72. The number of rotatable bonds is 6. The number of carbonyl (C=O) groups excluding carboxylic acids is 1. The fraction of sp³-hybridized carbons (Fsp3) is 0.0526. The molecule has 32 heavy (non-hydrogen) atoms. The second kappa shape index (κ2) is 8.85. The van der Waals surface area contributed by atoms with Crippen LogP contribution in [0.5, 0.6) is 11.5 Å². The molecule has 0 unspecified atom stereocenters. The van der Waals surface area contributed by atoms with Gasteiger partial charge in [0, 0.05) is 5.56 Å². The minimum absolute atomic E-state index is 0.0148. The van der Waals surface area contributed by atoms with Gasteiger partial charge >= 0.3 is 0 Å². The molecule has 2 aromatic heterocycles. The number of halogens is 1. The first-order valence-corrected chi connectivity index (χ1v) is 9.78. The Morgan fingerprint density at radius 3 is 2.78 bits per heavy atom. The van der Waals surface area contributed by atoms with Crippen molar-refractivity contribution in [1.29, 1.82) is 0 Å². The lowest BCUT2D eigenvalue weighted by molar-refractivity contribution is 0.0948. The third-order valence-electron chi connectivity index (χ3n) is 4.28. The molecule has 4 rings (SSSR count). The fourth-order valence-electron chi connectivity index (χ4n) is 2.80. The molecule has 0 aliphatic rings. The minimum atomic E-state index is -0.627. The molecule has 4 N–H and O–H groups in total. The number of anilines is 1. The predicted octanol–water partition coefficient (Wildman–Crippen LogP) is 2.14. The van der Waals surface area contributed by atoms with Crippen molar-refractivity contribution in [3.05, 3.63) is 58.2 Å². The van der Waals surface area contributed by atoms with E-state index >= 15 is 0 Å². The van der Waals surface area contributed by atoms with Gasteiger partial charge < -0.3 is 15.6 Å². The van der Waals surface area contributed by atoms with Crippen LogP contribution in [-0.2, 0) is 0 Å². The number of ether oxygens (including phenoxy) is 1. The van der Waals surface area contributed by atoms with Gasteiger partial charge in [0.2, 0.25) is 11.6 Å². The number of aromatic hydroxyl groups is 1. The Morgan fingerprint density at radius 1 is 1.31 bits per heavy atom. The van der Waals surface area contributed by atoms with Gasteiger partial charge in [-0.25, -0.2) is 10.1 Å². The number of nitrogen functional groups attached to an aromatic ring is 1. The summed E-state index contributed by atoms with van der Waals surface area (Å²) < 4.78 is 11.3. The van der Waals surface area contributed by atoms with Gasteiger partial charge in [0.25, 0.3) is 5.91 Å². The number of carbonyl (C=O) groups is 1. The maximum absolute atomic E-state index is 13.0. The van der Waals surface area contributed by atoms with Gasteiger partial charge in [-0.3, -0.25) is 4.79 Å². The van der Waals surface area contributed by atoms with E-state index in [2.05, 4.69) is 51.7 Å². The average molecular weight is 499 g/mol. The monoisotopic (exact) mass is 498 g/mol. The molecule has 0 aliphatic heterocycles. The number of nitrogens with zero attached hydrogens (tertiary/aromatic N) is 6. The molecule has 2 heterocycles. The lowest BCUT2D eigenvalue weighted by atomic mass is 10.1. The summed E-state index contributed by atoms with van der Waals surface area (Å²) in [5, 5.41) is 29.2. The fourth-order valence-corrected chi connectivity index (χ4v) is 3.26. The van der Waals surface area contributed by atoms with E-state index in [1.807, 2.05) is 6.07 Å². The van der Waals surface area contributed by atoms with Gasteiger partial charge in [0.15, 0.2) is 17.2 Å². The largest absolute Gasteiger partial charge is 0.503 e. The van der Waals surface area contributed by atoms with Gasteiger partial charge in [-0.05, 0) is 43.9 Å². The third-order valence-corrected chi connectivity index (χ3v) is 4.88. The Hall–Kier alpha value is -4.26. The number of hydrogen-bond acceptors (Lipinski definition) is 10. The van der Waals surface area contributed by atoms with Gasteiger partial charge in [0.05, 0.1) is 17.8 Å². The number of nitrogens with one attached hydrogen (secondary N) is 1. The number of aromatic nitrogens is 5. The molecule has 0 radical (unpaired) electrons. The highest BCUT2D eigenvalue weighted by molar-refractivity contribution is 9.10. The van der Waals surface area contributed by atoms with Gasteiger partial charge in [0.1, 0.15) is 5.69 Å². The summed E-state index contributed by atoms with van der Waals surface area (Å²) in [4.78, 5) is 13.0. The molecular weight excluding hydrogens is 484 g/mol. The lowest BCUT2D eigenvalue weighted by Gasteiger charge is -2.07. The summed E-state index contributed by atoms with van der Waals surface area (Å²) >= 11 is 3.23. The molecular formula is C19H15BrN8O4. The van der Waals surface area contributed by atoms with E-state index in [0.29, 0.717) is 15.6 Å². The van der Waals surface area contributed by atoms with Crippen molar-refractivity contribution in [3.8, 4) is 28.6 Å². The number of benzene rings is 2. The summed E-state index contributed by atoms with van der Waals surface area (Å²) in [6.45, 7) is 0. The number of phenols is 1. The maximum Gasteiger partial charge on any atom is 0.292 e. The van der Waals surface area contributed by atoms with Crippen LogP contribution in [0.1, 0.15) is 16.1 Å². The van der Waals surface area contributed by atoms with Gasteiger partial charge in [-0.15, -0.1) is 5.10 Å². The van der Waals surface area contributed by atoms with Crippen LogP contribution in [0.3, 0.4) is 0 Å². The number of nitrogens with two attached hydrogens (primary N) is 1. The smallest absolute Gasteiger partial charge is 0.292 e. The van der Waals surface area contributed by atoms with Crippen LogP contribution in [0.4, 0.5) is 5.82 Å². The number of phenolic OH excluding ortho intramolecular Hbond substituents is 1. The predicted molar refractivity (Wildman–Crippen MR) is 116 cm³/mol. The number of hydrazone groups is 1. The summed E-state index contributed by atoms with van der Waals surface area (Å²) in [6.07, 6.45) is 1.38. The van der Waals surface area contributed by atoms with Crippen LogP contribution in [-0.4, -0.2) is 49.6 Å².